The third-order valence-corrected chi connectivity index (χ3v) is 2.19. The van der Waals surface area contributed by atoms with Gasteiger partial charge in [0.05, 0.1) is 10.7 Å². The van der Waals surface area contributed by atoms with E-state index in [0.29, 0.717) is 0 Å². The zero-order valence-corrected chi connectivity index (χ0v) is 8.96. The molecule has 1 aromatic heterocycles. The summed E-state index contributed by atoms with van der Waals surface area (Å²) in [7, 11) is 2.07. The summed E-state index contributed by atoms with van der Waals surface area (Å²) in [5, 5.41) is 2.38. The molecule has 0 aliphatic rings. The summed E-state index contributed by atoms with van der Waals surface area (Å²) in [6, 6.07) is 0. The Kier molecular flexibility index (Phi) is 3.29. The minimum Gasteiger partial charge on any atom is -0.332 e. The Balaban J connectivity index is 3.45. The second-order valence-electron chi connectivity index (χ2n) is 3.21. The van der Waals surface area contributed by atoms with Crippen molar-refractivity contribution < 1.29 is 0 Å². The van der Waals surface area contributed by atoms with Crippen molar-refractivity contribution in [3.63, 3.8) is 0 Å². The predicted octanol–water partition coefficient (Wildman–Crippen LogP) is 1.11. The lowest BCUT2D eigenvalue weighted by molar-refractivity contribution is 0.830. The molecule has 0 N–H and O–H groups in total. The largest absolute Gasteiger partial charge is 0.332 e. The molecule has 0 saturated heterocycles. The molecule has 2 heteroatoms. The molecule has 0 bridgehead atoms. The van der Waals surface area contributed by atoms with Crippen LogP contribution in [0.15, 0.2) is 0 Å². The van der Waals surface area contributed by atoms with E-state index in [4.69, 9.17) is 0 Å². The van der Waals surface area contributed by atoms with E-state index in [1.165, 1.54) is 5.35 Å². The predicted molar refractivity (Wildman–Crippen MR) is 56.7 cm³/mol. The Morgan fingerprint density at radius 2 is 1.85 bits per heavy atom. The first-order chi connectivity index (χ1) is 6.20. The SMILES string of the molecule is CC/C=c1/nc(C)n(C)/c1=C/CC. The standard InChI is InChI=1S/C11H18N2/c1-5-7-10-11(8-6-2)13(4)9(3)12-10/h7-8H,5-6H2,1-4H3/b10-7+,11-8+. The van der Waals surface area contributed by atoms with Crippen LogP contribution < -0.4 is 10.7 Å². The summed E-state index contributed by atoms with van der Waals surface area (Å²) < 4.78 is 2.14. The highest BCUT2D eigenvalue weighted by molar-refractivity contribution is 5.26. The first kappa shape index (κ1) is 10.0. The van der Waals surface area contributed by atoms with E-state index in [2.05, 4.69) is 42.6 Å². The van der Waals surface area contributed by atoms with Crippen LogP contribution in [0.2, 0.25) is 0 Å². The van der Waals surface area contributed by atoms with Gasteiger partial charge in [-0.15, -0.1) is 0 Å². The van der Waals surface area contributed by atoms with E-state index in [1.807, 2.05) is 6.92 Å². The Labute approximate surface area is 79.6 Å². The molecule has 0 spiro atoms. The molecule has 0 aromatic carbocycles. The van der Waals surface area contributed by atoms with E-state index in [-0.39, 0.29) is 0 Å². The van der Waals surface area contributed by atoms with Crippen LogP contribution in [0.3, 0.4) is 0 Å². The third-order valence-electron chi connectivity index (χ3n) is 2.19. The van der Waals surface area contributed by atoms with Crippen LogP contribution in [0.5, 0.6) is 0 Å². The van der Waals surface area contributed by atoms with Crippen molar-refractivity contribution in [3.8, 4) is 0 Å². The number of hydrogen-bond acceptors (Lipinski definition) is 1. The molecule has 0 unspecified atom stereocenters. The van der Waals surface area contributed by atoms with Gasteiger partial charge in [-0.1, -0.05) is 26.0 Å². The van der Waals surface area contributed by atoms with Gasteiger partial charge in [0.1, 0.15) is 5.82 Å². The second kappa shape index (κ2) is 4.26. The Morgan fingerprint density at radius 3 is 2.38 bits per heavy atom. The molecule has 0 fully saturated rings. The average molecular weight is 178 g/mol. The summed E-state index contributed by atoms with van der Waals surface area (Å²) in [5.74, 6) is 1.08. The van der Waals surface area contributed by atoms with Gasteiger partial charge in [-0.2, -0.15) is 0 Å². The van der Waals surface area contributed by atoms with Gasteiger partial charge in [0, 0.05) is 7.05 Å². The van der Waals surface area contributed by atoms with Gasteiger partial charge in [0.25, 0.3) is 0 Å². The highest BCUT2D eigenvalue weighted by Gasteiger charge is 1.96. The quantitative estimate of drug-likeness (QED) is 0.663. The van der Waals surface area contributed by atoms with Gasteiger partial charge in [0.2, 0.25) is 0 Å². The highest BCUT2D eigenvalue weighted by atomic mass is 15.0. The molecule has 1 aromatic rings. The lowest BCUT2D eigenvalue weighted by Gasteiger charge is -1.92. The molecule has 0 amide bonds. The van der Waals surface area contributed by atoms with Gasteiger partial charge in [0.15, 0.2) is 0 Å². The molecule has 0 atom stereocenters. The molecule has 0 aliphatic carbocycles. The van der Waals surface area contributed by atoms with Crippen molar-refractivity contribution in [3.05, 3.63) is 16.5 Å². The van der Waals surface area contributed by atoms with Gasteiger partial charge >= 0.3 is 0 Å². The molecule has 1 rings (SSSR count). The molecule has 0 radical (unpaired) electrons. The first-order valence-electron chi connectivity index (χ1n) is 4.90. The molecule has 0 aliphatic heterocycles. The fraction of sp³-hybridized carbons (Fsp3) is 0.545. The van der Waals surface area contributed by atoms with Crippen molar-refractivity contribution in [2.45, 2.75) is 33.6 Å². The van der Waals surface area contributed by atoms with E-state index in [1.54, 1.807) is 0 Å². The van der Waals surface area contributed by atoms with Crippen molar-refractivity contribution in [2.24, 2.45) is 7.05 Å². The molecule has 72 valence electrons. The fourth-order valence-corrected chi connectivity index (χ4v) is 1.43. The van der Waals surface area contributed by atoms with E-state index >= 15 is 0 Å². The second-order valence-corrected chi connectivity index (χ2v) is 3.21. The Bertz CT molecular complexity index is 385. The van der Waals surface area contributed by atoms with Crippen LogP contribution >= 0.6 is 0 Å². The van der Waals surface area contributed by atoms with Crippen LogP contribution in [-0.4, -0.2) is 9.55 Å². The van der Waals surface area contributed by atoms with Crippen molar-refractivity contribution >= 4 is 12.2 Å². The zero-order chi connectivity index (χ0) is 9.84. The maximum absolute atomic E-state index is 4.49. The molecular formula is C11H18N2. The number of nitrogens with zero attached hydrogens (tertiary/aromatic N) is 2. The topological polar surface area (TPSA) is 17.8 Å². The summed E-state index contributed by atoms with van der Waals surface area (Å²) in [5.41, 5.74) is 0. The number of aromatic nitrogens is 2. The maximum atomic E-state index is 4.49. The normalized spacial score (nSPS) is 14.2. The van der Waals surface area contributed by atoms with Gasteiger partial charge in [-0.25, -0.2) is 4.98 Å². The molecule has 0 saturated carbocycles. The molecule has 13 heavy (non-hydrogen) atoms. The molecule has 2 nitrogen and oxygen atoms in total. The number of hydrogen-bond donors (Lipinski definition) is 0. The average Bonchev–Trinajstić information content (AvgIpc) is 2.34. The summed E-state index contributed by atoms with van der Waals surface area (Å²) in [4.78, 5) is 4.49. The lowest BCUT2D eigenvalue weighted by atomic mass is 10.3. The Hall–Kier alpha value is -1.05. The van der Waals surface area contributed by atoms with Gasteiger partial charge in [-0.3, -0.25) is 0 Å². The van der Waals surface area contributed by atoms with Gasteiger partial charge in [-0.05, 0) is 19.8 Å². The zero-order valence-electron chi connectivity index (χ0n) is 8.96. The van der Waals surface area contributed by atoms with Crippen molar-refractivity contribution in [1.82, 2.24) is 9.55 Å². The fourth-order valence-electron chi connectivity index (χ4n) is 1.43. The van der Waals surface area contributed by atoms with Gasteiger partial charge < -0.3 is 4.57 Å². The summed E-state index contributed by atoms with van der Waals surface area (Å²) >= 11 is 0. The first-order valence-corrected chi connectivity index (χ1v) is 4.90. The summed E-state index contributed by atoms with van der Waals surface area (Å²) in [6.07, 6.45) is 6.50. The minimum atomic E-state index is 1.04. The molecular weight excluding hydrogens is 160 g/mol. The maximum Gasteiger partial charge on any atom is 0.106 e. The number of rotatable bonds is 2. The monoisotopic (exact) mass is 178 g/mol. The van der Waals surface area contributed by atoms with Crippen LogP contribution in [0.25, 0.3) is 12.2 Å². The van der Waals surface area contributed by atoms with E-state index < -0.39 is 0 Å². The number of aryl methyl sites for hydroxylation is 1. The van der Waals surface area contributed by atoms with Crippen molar-refractivity contribution in [2.75, 3.05) is 0 Å². The van der Waals surface area contributed by atoms with E-state index in [0.717, 1.165) is 24.0 Å². The highest BCUT2D eigenvalue weighted by Crippen LogP contribution is 1.83. The van der Waals surface area contributed by atoms with Crippen LogP contribution in [0.1, 0.15) is 32.5 Å². The lowest BCUT2D eigenvalue weighted by Crippen LogP contribution is -2.28. The third kappa shape index (κ3) is 2.00. The van der Waals surface area contributed by atoms with Crippen LogP contribution in [0.4, 0.5) is 0 Å². The summed E-state index contributed by atoms with van der Waals surface area (Å²) in [6.45, 7) is 6.33. The molecule has 1 heterocycles. The Morgan fingerprint density at radius 1 is 1.23 bits per heavy atom. The van der Waals surface area contributed by atoms with E-state index in [9.17, 15) is 0 Å². The van der Waals surface area contributed by atoms with Crippen LogP contribution in [-0.2, 0) is 7.05 Å². The van der Waals surface area contributed by atoms with Crippen molar-refractivity contribution in [1.29, 1.82) is 0 Å². The number of imidazole rings is 1. The minimum absolute atomic E-state index is 1.04. The smallest absolute Gasteiger partial charge is 0.106 e. The van der Waals surface area contributed by atoms with Crippen LogP contribution in [0, 0.1) is 6.92 Å².